The van der Waals surface area contributed by atoms with Crippen molar-refractivity contribution in [3.63, 3.8) is 0 Å². The number of benzene rings is 3. The molecule has 30 heavy (non-hydrogen) atoms. The van der Waals surface area contributed by atoms with Crippen molar-refractivity contribution in [2.75, 3.05) is 10.6 Å². The van der Waals surface area contributed by atoms with E-state index in [0.29, 0.717) is 29.2 Å². The maximum atomic E-state index is 12.5. The summed E-state index contributed by atoms with van der Waals surface area (Å²) in [6, 6.07) is 25.0. The van der Waals surface area contributed by atoms with Gasteiger partial charge in [0.1, 0.15) is 18.4 Å². The van der Waals surface area contributed by atoms with Crippen LogP contribution in [0.5, 0.6) is 5.75 Å². The van der Waals surface area contributed by atoms with Gasteiger partial charge in [0.15, 0.2) is 0 Å². The topological polar surface area (TPSA) is 97.9 Å². The molecule has 0 saturated heterocycles. The van der Waals surface area contributed by atoms with E-state index in [1.54, 1.807) is 43.3 Å². The zero-order valence-electron chi connectivity index (χ0n) is 16.4. The van der Waals surface area contributed by atoms with Crippen molar-refractivity contribution in [2.45, 2.75) is 19.6 Å². The smallest absolute Gasteiger partial charge is 0.246 e. The Bertz CT molecular complexity index is 1130. The summed E-state index contributed by atoms with van der Waals surface area (Å²) < 4.78 is 5.81. The number of ether oxygens (including phenoxy) is 1. The highest BCUT2D eigenvalue weighted by molar-refractivity contribution is 5.96. The van der Waals surface area contributed by atoms with Gasteiger partial charge in [0, 0.05) is 17.4 Å². The molecule has 0 aliphatic carbocycles. The van der Waals surface area contributed by atoms with Gasteiger partial charge in [-0.15, -0.1) is 0 Å². The molecule has 3 aromatic rings. The number of nitrogens with one attached hydrogen (secondary N) is 2. The third-order valence-corrected chi connectivity index (χ3v) is 4.33. The second kappa shape index (κ2) is 9.77. The van der Waals surface area contributed by atoms with Gasteiger partial charge < -0.3 is 15.4 Å². The van der Waals surface area contributed by atoms with Gasteiger partial charge in [-0.25, -0.2) is 0 Å². The van der Waals surface area contributed by atoms with E-state index in [4.69, 9.17) is 15.3 Å². The van der Waals surface area contributed by atoms with E-state index in [0.717, 1.165) is 11.3 Å². The highest BCUT2D eigenvalue weighted by Gasteiger charge is 2.13. The van der Waals surface area contributed by atoms with Crippen molar-refractivity contribution >= 4 is 17.3 Å². The number of carbonyl (C=O) groups is 1. The van der Waals surface area contributed by atoms with Gasteiger partial charge in [0.25, 0.3) is 0 Å². The Hall–Kier alpha value is -4.29. The minimum atomic E-state index is -0.502. The van der Waals surface area contributed by atoms with E-state index in [1.807, 2.05) is 42.5 Å². The van der Waals surface area contributed by atoms with Crippen molar-refractivity contribution < 1.29 is 9.53 Å². The van der Waals surface area contributed by atoms with Crippen molar-refractivity contribution in [1.82, 2.24) is 0 Å². The van der Waals surface area contributed by atoms with Crippen LogP contribution in [0.4, 0.5) is 11.4 Å². The third-order valence-electron chi connectivity index (χ3n) is 4.33. The number of anilines is 2. The lowest BCUT2D eigenvalue weighted by Crippen LogP contribution is -2.31. The van der Waals surface area contributed by atoms with E-state index in [-0.39, 0.29) is 5.91 Å². The molecule has 6 heteroatoms. The first-order chi connectivity index (χ1) is 14.6. The van der Waals surface area contributed by atoms with Crippen LogP contribution in [0.15, 0.2) is 72.8 Å². The normalized spacial score (nSPS) is 10.9. The SMILES string of the molecule is CC(Nc1cccc(OCc2cccc(C#N)c2)c1)C(=O)Nc1cccc(C#N)c1. The molecule has 0 heterocycles. The average Bonchev–Trinajstić information content (AvgIpc) is 2.78. The fraction of sp³-hybridized carbons (Fsp3) is 0.125. The molecular formula is C24H20N4O2. The molecule has 0 bridgehead atoms. The predicted octanol–water partition coefficient (Wildman–Crippen LogP) is 4.45. The molecule has 2 N–H and O–H groups in total. The molecule has 0 fully saturated rings. The van der Waals surface area contributed by atoms with Crippen LogP contribution in [-0.4, -0.2) is 11.9 Å². The Morgan fingerprint density at radius 2 is 1.60 bits per heavy atom. The van der Waals surface area contributed by atoms with Crippen LogP contribution >= 0.6 is 0 Å². The molecule has 3 aromatic carbocycles. The second-order valence-corrected chi connectivity index (χ2v) is 6.68. The number of hydrogen-bond donors (Lipinski definition) is 2. The zero-order chi connectivity index (χ0) is 21.3. The van der Waals surface area contributed by atoms with Crippen LogP contribution in [0.1, 0.15) is 23.6 Å². The zero-order valence-corrected chi connectivity index (χ0v) is 16.4. The highest BCUT2D eigenvalue weighted by Crippen LogP contribution is 2.20. The van der Waals surface area contributed by atoms with E-state index in [9.17, 15) is 4.79 Å². The number of amides is 1. The fourth-order valence-electron chi connectivity index (χ4n) is 2.81. The summed E-state index contributed by atoms with van der Waals surface area (Å²) in [7, 11) is 0. The number of rotatable bonds is 7. The summed E-state index contributed by atoms with van der Waals surface area (Å²) in [4.78, 5) is 12.5. The first kappa shape index (κ1) is 20.4. The van der Waals surface area contributed by atoms with Crippen LogP contribution in [0.2, 0.25) is 0 Å². The van der Waals surface area contributed by atoms with Gasteiger partial charge >= 0.3 is 0 Å². The van der Waals surface area contributed by atoms with Crippen LogP contribution in [0.25, 0.3) is 0 Å². The maximum absolute atomic E-state index is 12.5. The second-order valence-electron chi connectivity index (χ2n) is 6.68. The van der Waals surface area contributed by atoms with Gasteiger partial charge in [0.2, 0.25) is 5.91 Å². The Morgan fingerprint density at radius 3 is 2.37 bits per heavy atom. The average molecular weight is 396 g/mol. The third kappa shape index (κ3) is 5.60. The molecule has 0 aliphatic heterocycles. The quantitative estimate of drug-likeness (QED) is 0.615. The number of nitrogens with zero attached hydrogens (tertiary/aromatic N) is 2. The Balaban J connectivity index is 1.59. The minimum absolute atomic E-state index is 0.218. The molecule has 1 atom stereocenters. The standard InChI is InChI=1S/C24H20N4O2/c1-17(24(29)28-21-8-3-6-19(12-21)15-26)27-22-9-4-10-23(13-22)30-16-20-7-2-5-18(11-20)14-25/h2-13,17,27H,16H2,1H3,(H,28,29). The van der Waals surface area contributed by atoms with Crippen LogP contribution in [0, 0.1) is 22.7 Å². The molecule has 148 valence electrons. The lowest BCUT2D eigenvalue weighted by molar-refractivity contribution is -0.116. The van der Waals surface area contributed by atoms with E-state index in [2.05, 4.69) is 16.7 Å². The van der Waals surface area contributed by atoms with E-state index < -0.39 is 6.04 Å². The first-order valence-corrected chi connectivity index (χ1v) is 9.37. The molecule has 3 rings (SSSR count). The van der Waals surface area contributed by atoms with Crippen LogP contribution in [-0.2, 0) is 11.4 Å². The van der Waals surface area contributed by atoms with Gasteiger partial charge in [-0.2, -0.15) is 10.5 Å². The highest BCUT2D eigenvalue weighted by atomic mass is 16.5. The first-order valence-electron chi connectivity index (χ1n) is 9.37. The van der Waals surface area contributed by atoms with Gasteiger partial charge in [-0.3, -0.25) is 4.79 Å². The summed E-state index contributed by atoms with van der Waals surface area (Å²) in [6.45, 7) is 2.09. The molecule has 0 spiro atoms. The van der Waals surface area contributed by atoms with Crippen molar-refractivity contribution in [3.8, 4) is 17.9 Å². The van der Waals surface area contributed by atoms with E-state index in [1.165, 1.54) is 0 Å². The summed E-state index contributed by atoms with van der Waals surface area (Å²) in [6.07, 6.45) is 0. The van der Waals surface area contributed by atoms with Crippen molar-refractivity contribution in [3.05, 3.63) is 89.5 Å². The molecule has 1 unspecified atom stereocenters. The molecule has 0 saturated carbocycles. The fourth-order valence-corrected chi connectivity index (χ4v) is 2.81. The van der Waals surface area contributed by atoms with Crippen LogP contribution in [0.3, 0.4) is 0 Å². The molecule has 0 radical (unpaired) electrons. The molecule has 0 aliphatic rings. The lowest BCUT2D eigenvalue weighted by Gasteiger charge is -2.16. The molecule has 0 aromatic heterocycles. The monoisotopic (exact) mass is 396 g/mol. The Kier molecular flexibility index (Phi) is 6.66. The Labute approximate surface area is 175 Å². The summed E-state index contributed by atoms with van der Waals surface area (Å²) >= 11 is 0. The summed E-state index contributed by atoms with van der Waals surface area (Å²) in [5.74, 6) is 0.432. The largest absolute Gasteiger partial charge is 0.489 e. The molecule has 6 nitrogen and oxygen atoms in total. The predicted molar refractivity (Wildman–Crippen MR) is 115 cm³/mol. The Morgan fingerprint density at radius 1 is 0.933 bits per heavy atom. The molecule has 1 amide bonds. The van der Waals surface area contributed by atoms with E-state index >= 15 is 0 Å². The van der Waals surface area contributed by atoms with Gasteiger partial charge in [-0.05, 0) is 55.0 Å². The van der Waals surface area contributed by atoms with Gasteiger partial charge in [0.05, 0.1) is 23.3 Å². The number of carbonyl (C=O) groups excluding carboxylic acids is 1. The van der Waals surface area contributed by atoms with Gasteiger partial charge in [-0.1, -0.05) is 24.3 Å². The minimum Gasteiger partial charge on any atom is -0.489 e. The number of hydrogen-bond acceptors (Lipinski definition) is 5. The van der Waals surface area contributed by atoms with Crippen LogP contribution < -0.4 is 15.4 Å². The number of nitriles is 2. The maximum Gasteiger partial charge on any atom is 0.246 e. The summed E-state index contributed by atoms with van der Waals surface area (Å²) in [5.41, 5.74) is 3.29. The summed E-state index contributed by atoms with van der Waals surface area (Å²) in [5, 5.41) is 23.9. The molecular weight excluding hydrogens is 376 g/mol. The van der Waals surface area contributed by atoms with Crippen molar-refractivity contribution in [1.29, 1.82) is 10.5 Å². The lowest BCUT2D eigenvalue weighted by atomic mass is 10.1. The van der Waals surface area contributed by atoms with Crippen molar-refractivity contribution in [2.24, 2.45) is 0 Å².